The number of tetrazole rings is 1. The number of rotatable bonds is 5. The van der Waals surface area contributed by atoms with Gasteiger partial charge < -0.3 is 19.5 Å². The molecule has 0 amide bonds. The first-order valence-electron chi connectivity index (χ1n) is 8.74. The molecule has 1 aromatic heterocycles. The Kier molecular flexibility index (Phi) is 4.95. The lowest BCUT2D eigenvalue weighted by molar-refractivity contribution is 0.321. The Morgan fingerprint density at radius 2 is 1.68 bits per heavy atom. The van der Waals surface area contributed by atoms with Crippen molar-refractivity contribution in [2.75, 3.05) is 26.6 Å². The molecule has 2 heterocycles. The van der Waals surface area contributed by atoms with Gasteiger partial charge in [0.2, 0.25) is 11.7 Å². The van der Waals surface area contributed by atoms with Gasteiger partial charge in [0.05, 0.1) is 33.4 Å². The summed E-state index contributed by atoms with van der Waals surface area (Å²) >= 11 is 6.04. The lowest BCUT2D eigenvalue weighted by atomic mass is 9.93. The fourth-order valence-corrected chi connectivity index (χ4v) is 3.65. The molecular formula is C19H20ClN5O3. The Hall–Kier alpha value is -3.00. The third kappa shape index (κ3) is 3.20. The van der Waals surface area contributed by atoms with Gasteiger partial charge >= 0.3 is 0 Å². The van der Waals surface area contributed by atoms with Crippen LogP contribution in [0.5, 0.6) is 17.2 Å². The molecule has 0 saturated carbocycles. The number of ether oxygens (including phenoxy) is 3. The highest BCUT2D eigenvalue weighted by atomic mass is 35.5. The van der Waals surface area contributed by atoms with Crippen LogP contribution >= 0.6 is 11.6 Å². The summed E-state index contributed by atoms with van der Waals surface area (Å²) in [6.45, 7) is 0. The first kappa shape index (κ1) is 18.4. The SMILES string of the molecule is COc1cc(C2CC(c3ccc(Cl)cc3)Nc3nnnn32)cc(OC)c1OC. The number of nitrogens with zero attached hydrogens (tertiary/aromatic N) is 4. The second-order valence-electron chi connectivity index (χ2n) is 6.41. The van der Waals surface area contributed by atoms with E-state index in [9.17, 15) is 0 Å². The van der Waals surface area contributed by atoms with Gasteiger partial charge in [-0.2, -0.15) is 0 Å². The van der Waals surface area contributed by atoms with Crippen molar-refractivity contribution in [2.45, 2.75) is 18.5 Å². The Morgan fingerprint density at radius 1 is 1.00 bits per heavy atom. The van der Waals surface area contributed by atoms with E-state index in [2.05, 4.69) is 20.8 Å². The highest BCUT2D eigenvalue weighted by molar-refractivity contribution is 6.30. The van der Waals surface area contributed by atoms with Crippen LogP contribution in [0.3, 0.4) is 0 Å². The molecule has 28 heavy (non-hydrogen) atoms. The summed E-state index contributed by atoms with van der Waals surface area (Å²) in [7, 11) is 4.78. The molecule has 1 aliphatic rings. The number of benzene rings is 2. The maximum absolute atomic E-state index is 6.04. The number of hydrogen-bond donors (Lipinski definition) is 1. The zero-order valence-electron chi connectivity index (χ0n) is 15.7. The van der Waals surface area contributed by atoms with Gasteiger partial charge in [-0.1, -0.05) is 28.8 Å². The van der Waals surface area contributed by atoms with Gasteiger partial charge in [-0.3, -0.25) is 0 Å². The maximum Gasteiger partial charge on any atom is 0.243 e. The van der Waals surface area contributed by atoms with Crippen molar-refractivity contribution in [2.24, 2.45) is 0 Å². The molecule has 0 radical (unpaired) electrons. The summed E-state index contributed by atoms with van der Waals surface area (Å²) in [5.74, 6) is 2.33. The molecule has 2 aromatic carbocycles. The van der Waals surface area contributed by atoms with Gasteiger partial charge in [-0.25, -0.2) is 4.68 Å². The number of nitrogens with one attached hydrogen (secondary N) is 1. The summed E-state index contributed by atoms with van der Waals surface area (Å²) in [4.78, 5) is 0. The van der Waals surface area contributed by atoms with Gasteiger partial charge in [0, 0.05) is 5.02 Å². The van der Waals surface area contributed by atoms with E-state index in [1.54, 1.807) is 26.0 Å². The highest BCUT2D eigenvalue weighted by Crippen LogP contribution is 2.44. The van der Waals surface area contributed by atoms with Crippen LogP contribution in [-0.2, 0) is 0 Å². The van der Waals surface area contributed by atoms with E-state index in [4.69, 9.17) is 25.8 Å². The van der Waals surface area contributed by atoms with Crippen molar-refractivity contribution in [3.05, 3.63) is 52.5 Å². The molecule has 146 valence electrons. The smallest absolute Gasteiger partial charge is 0.243 e. The lowest BCUT2D eigenvalue weighted by Gasteiger charge is -2.31. The minimum Gasteiger partial charge on any atom is -0.493 e. The van der Waals surface area contributed by atoms with Crippen LogP contribution in [0.4, 0.5) is 5.95 Å². The number of anilines is 1. The van der Waals surface area contributed by atoms with Crippen LogP contribution < -0.4 is 19.5 Å². The van der Waals surface area contributed by atoms with Gasteiger partial charge in [-0.15, -0.1) is 0 Å². The summed E-state index contributed by atoms with van der Waals surface area (Å²) in [6, 6.07) is 11.6. The van der Waals surface area contributed by atoms with Gasteiger partial charge in [-0.05, 0) is 52.2 Å². The van der Waals surface area contributed by atoms with Crippen LogP contribution in [0.2, 0.25) is 5.02 Å². The third-order valence-corrected chi connectivity index (χ3v) is 5.15. The summed E-state index contributed by atoms with van der Waals surface area (Å²) in [6.07, 6.45) is 0.734. The minimum atomic E-state index is -0.111. The zero-order chi connectivity index (χ0) is 19.7. The van der Waals surface area contributed by atoms with Crippen molar-refractivity contribution in [3.8, 4) is 17.2 Å². The molecule has 3 aromatic rings. The Morgan fingerprint density at radius 3 is 2.29 bits per heavy atom. The molecule has 8 nitrogen and oxygen atoms in total. The first-order chi connectivity index (χ1) is 13.6. The predicted octanol–water partition coefficient (Wildman–Crippen LogP) is 3.50. The van der Waals surface area contributed by atoms with E-state index in [0.29, 0.717) is 28.2 Å². The molecule has 1 N–H and O–H groups in total. The fraction of sp³-hybridized carbons (Fsp3) is 0.316. The van der Waals surface area contributed by atoms with Crippen molar-refractivity contribution < 1.29 is 14.2 Å². The largest absolute Gasteiger partial charge is 0.493 e. The molecule has 4 rings (SSSR count). The molecular weight excluding hydrogens is 382 g/mol. The maximum atomic E-state index is 6.04. The lowest BCUT2D eigenvalue weighted by Crippen LogP contribution is -2.28. The van der Waals surface area contributed by atoms with E-state index < -0.39 is 0 Å². The van der Waals surface area contributed by atoms with E-state index in [1.165, 1.54) is 0 Å². The summed E-state index contributed by atoms with van der Waals surface area (Å²) < 4.78 is 18.2. The highest BCUT2D eigenvalue weighted by Gasteiger charge is 2.32. The van der Waals surface area contributed by atoms with E-state index >= 15 is 0 Å². The minimum absolute atomic E-state index is 0.0276. The van der Waals surface area contributed by atoms with Gasteiger partial charge in [0.15, 0.2) is 11.5 Å². The monoisotopic (exact) mass is 401 g/mol. The Bertz CT molecular complexity index is 951. The third-order valence-electron chi connectivity index (χ3n) is 4.89. The molecule has 0 spiro atoms. The standard InChI is InChI=1S/C19H20ClN5O3/c1-26-16-8-12(9-17(27-2)18(16)28-3)15-10-14(11-4-6-13(20)7-5-11)21-19-22-23-24-25(15)19/h4-9,14-15H,10H2,1-3H3,(H,21,22,24). The Labute approximate surface area is 167 Å². The topological polar surface area (TPSA) is 83.3 Å². The average Bonchev–Trinajstić information content (AvgIpc) is 3.21. The molecule has 2 atom stereocenters. The molecule has 0 aliphatic carbocycles. The normalized spacial score (nSPS) is 18.1. The molecule has 0 saturated heterocycles. The van der Waals surface area contributed by atoms with Crippen LogP contribution in [0, 0.1) is 0 Å². The zero-order valence-corrected chi connectivity index (χ0v) is 16.5. The second kappa shape index (κ2) is 7.55. The van der Waals surface area contributed by atoms with Gasteiger partial charge in [0.25, 0.3) is 0 Å². The quantitative estimate of drug-likeness (QED) is 0.700. The average molecular weight is 402 g/mol. The molecule has 0 fully saturated rings. The predicted molar refractivity (Wildman–Crippen MR) is 104 cm³/mol. The van der Waals surface area contributed by atoms with Crippen molar-refractivity contribution in [3.63, 3.8) is 0 Å². The number of halogens is 1. The number of hydrogen-bond acceptors (Lipinski definition) is 7. The first-order valence-corrected chi connectivity index (χ1v) is 9.12. The number of methoxy groups -OCH3 is 3. The fourth-order valence-electron chi connectivity index (χ4n) is 3.52. The number of aromatic nitrogens is 4. The molecule has 1 aliphatic heterocycles. The molecule has 9 heteroatoms. The Balaban J connectivity index is 1.77. The van der Waals surface area contributed by atoms with E-state index in [-0.39, 0.29) is 12.1 Å². The summed E-state index contributed by atoms with van der Waals surface area (Å²) in [5.41, 5.74) is 2.07. The van der Waals surface area contributed by atoms with E-state index in [1.807, 2.05) is 36.4 Å². The van der Waals surface area contributed by atoms with Crippen LogP contribution in [0.15, 0.2) is 36.4 Å². The van der Waals surface area contributed by atoms with Crippen molar-refractivity contribution >= 4 is 17.5 Å². The summed E-state index contributed by atoms with van der Waals surface area (Å²) in [5, 5.41) is 16.2. The second-order valence-corrected chi connectivity index (χ2v) is 6.84. The number of fused-ring (bicyclic) bond motifs is 1. The van der Waals surface area contributed by atoms with Crippen molar-refractivity contribution in [1.29, 1.82) is 0 Å². The van der Waals surface area contributed by atoms with Gasteiger partial charge in [0.1, 0.15) is 0 Å². The van der Waals surface area contributed by atoms with E-state index in [0.717, 1.165) is 17.5 Å². The van der Waals surface area contributed by atoms with Crippen molar-refractivity contribution in [1.82, 2.24) is 20.2 Å². The molecule has 2 unspecified atom stereocenters. The van der Waals surface area contributed by atoms with Crippen LogP contribution in [0.1, 0.15) is 29.6 Å². The molecule has 0 bridgehead atoms. The van der Waals surface area contributed by atoms with Crippen LogP contribution in [0.25, 0.3) is 0 Å². The van der Waals surface area contributed by atoms with Crippen LogP contribution in [-0.4, -0.2) is 41.5 Å².